The third-order valence-corrected chi connectivity index (χ3v) is 5.56. The lowest BCUT2D eigenvalue weighted by molar-refractivity contribution is -0.386. The van der Waals surface area contributed by atoms with Gasteiger partial charge >= 0.3 is 0 Å². The van der Waals surface area contributed by atoms with Gasteiger partial charge in [-0.1, -0.05) is 84.9 Å². The summed E-state index contributed by atoms with van der Waals surface area (Å²) in [6, 6.07) is 30.4. The molecule has 0 fully saturated rings. The predicted molar refractivity (Wildman–Crippen MR) is 125 cm³/mol. The molecule has 0 aliphatic rings. The van der Waals surface area contributed by atoms with E-state index in [1.54, 1.807) is 6.20 Å². The van der Waals surface area contributed by atoms with Crippen molar-refractivity contribution < 1.29 is 5.73 Å². The van der Waals surface area contributed by atoms with Crippen molar-refractivity contribution in [3.8, 4) is 33.5 Å². The minimum atomic E-state index is -0.140. The number of hydrogen-bond donors (Lipinski definition) is 2. The van der Waals surface area contributed by atoms with Crippen LogP contribution in [0.2, 0.25) is 0 Å². The molecule has 0 atom stereocenters. The third-order valence-electron chi connectivity index (χ3n) is 5.56. The molecule has 0 unspecified atom stereocenters. The van der Waals surface area contributed by atoms with Crippen molar-refractivity contribution in [2.45, 2.75) is 6.54 Å². The lowest BCUT2D eigenvalue weighted by atomic mass is 9.95. The fourth-order valence-electron chi connectivity index (χ4n) is 3.90. The molecule has 0 saturated heterocycles. The van der Waals surface area contributed by atoms with Crippen LogP contribution in [0.5, 0.6) is 0 Å². The van der Waals surface area contributed by atoms with Crippen LogP contribution in [0.4, 0.5) is 0 Å². The van der Waals surface area contributed by atoms with E-state index in [2.05, 4.69) is 35.0 Å². The first-order chi connectivity index (χ1) is 15.2. The topological polar surface area (TPSA) is 73.4 Å². The Morgan fingerprint density at radius 1 is 0.742 bits per heavy atom. The Balaban J connectivity index is 1.84. The van der Waals surface area contributed by atoms with Crippen molar-refractivity contribution >= 4 is 10.9 Å². The summed E-state index contributed by atoms with van der Waals surface area (Å²) in [5.41, 5.74) is 11.5. The second-order valence-corrected chi connectivity index (χ2v) is 7.49. The fraction of sp³-hybridized carbons (Fsp3) is 0.0370. The number of H-pyrrole nitrogens is 1. The SMILES string of the molecule is [NH3+]Cc1ccc(-c2nc3c(-c4ccccc4)c[nH]c(=O)c3cc2-c2ccccc2)cc1. The Morgan fingerprint density at radius 3 is 1.97 bits per heavy atom. The minimum absolute atomic E-state index is 0.140. The molecule has 2 aromatic heterocycles. The first-order valence-corrected chi connectivity index (χ1v) is 10.3. The zero-order valence-corrected chi connectivity index (χ0v) is 17.0. The standard InChI is InChI=1S/C27H21N3O/c28-16-18-11-13-21(14-12-18)25-22(19-7-3-1-4-8-19)15-23-26(30-25)24(17-29-27(23)31)20-9-5-2-6-10-20/h1-15,17H,16,28H2,(H,29,31)/p+1. The molecule has 5 rings (SSSR count). The molecule has 0 aliphatic heterocycles. The first-order valence-electron chi connectivity index (χ1n) is 10.3. The quantitative estimate of drug-likeness (QED) is 0.457. The molecule has 3 aromatic carbocycles. The Morgan fingerprint density at radius 2 is 1.35 bits per heavy atom. The van der Waals surface area contributed by atoms with Crippen LogP contribution < -0.4 is 11.3 Å². The molecule has 4 heteroatoms. The minimum Gasteiger partial charge on any atom is -0.354 e. The number of nitrogens with one attached hydrogen (secondary N) is 1. The van der Waals surface area contributed by atoms with E-state index in [1.807, 2.05) is 66.7 Å². The van der Waals surface area contributed by atoms with Crippen molar-refractivity contribution in [3.05, 3.63) is 113 Å². The Hall–Kier alpha value is -4.02. The average Bonchev–Trinajstić information content (AvgIpc) is 2.85. The molecule has 0 radical (unpaired) electrons. The highest BCUT2D eigenvalue weighted by atomic mass is 16.1. The summed E-state index contributed by atoms with van der Waals surface area (Å²) in [5.74, 6) is 0. The number of quaternary nitrogens is 1. The van der Waals surface area contributed by atoms with Crippen LogP contribution in [-0.2, 0) is 6.54 Å². The van der Waals surface area contributed by atoms with Crippen molar-refractivity contribution in [2.24, 2.45) is 0 Å². The molecule has 0 spiro atoms. The summed E-state index contributed by atoms with van der Waals surface area (Å²) >= 11 is 0. The average molecular weight is 404 g/mol. The number of benzene rings is 3. The van der Waals surface area contributed by atoms with E-state index in [0.29, 0.717) is 10.9 Å². The maximum atomic E-state index is 12.8. The lowest BCUT2D eigenvalue weighted by Crippen LogP contribution is -2.47. The predicted octanol–water partition coefficient (Wildman–Crippen LogP) is 4.67. The third kappa shape index (κ3) is 3.54. The molecule has 0 bridgehead atoms. The van der Waals surface area contributed by atoms with Gasteiger partial charge in [-0.05, 0) is 17.2 Å². The Bertz CT molecular complexity index is 1410. The number of aromatic amines is 1. The van der Waals surface area contributed by atoms with E-state index in [4.69, 9.17) is 4.98 Å². The van der Waals surface area contributed by atoms with Gasteiger partial charge in [0.15, 0.2) is 0 Å². The first kappa shape index (κ1) is 19.0. The van der Waals surface area contributed by atoms with Gasteiger partial charge in [0.1, 0.15) is 0 Å². The molecule has 0 aliphatic carbocycles. The van der Waals surface area contributed by atoms with Gasteiger partial charge in [0.05, 0.1) is 23.1 Å². The number of rotatable bonds is 4. The molecule has 2 heterocycles. The monoisotopic (exact) mass is 404 g/mol. The lowest BCUT2D eigenvalue weighted by Gasteiger charge is -2.14. The van der Waals surface area contributed by atoms with Gasteiger partial charge in [0.2, 0.25) is 0 Å². The van der Waals surface area contributed by atoms with E-state index < -0.39 is 0 Å². The molecular formula is C27H22N3O+. The second-order valence-electron chi connectivity index (χ2n) is 7.49. The smallest absolute Gasteiger partial charge is 0.257 e. The number of hydrogen-bond acceptors (Lipinski definition) is 2. The number of fused-ring (bicyclic) bond motifs is 1. The second kappa shape index (κ2) is 8.01. The van der Waals surface area contributed by atoms with Crippen molar-refractivity contribution in [2.75, 3.05) is 0 Å². The van der Waals surface area contributed by atoms with E-state index in [-0.39, 0.29) is 5.56 Å². The summed E-state index contributed by atoms with van der Waals surface area (Å²) in [6.45, 7) is 0.741. The zero-order chi connectivity index (χ0) is 21.2. The van der Waals surface area contributed by atoms with Crippen LogP contribution in [0, 0.1) is 0 Å². The van der Waals surface area contributed by atoms with Gasteiger partial charge < -0.3 is 10.7 Å². The Kier molecular flexibility index (Phi) is 4.90. The van der Waals surface area contributed by atoms with Crippen molar-refractivity contribution in [1.29, 1.82) is 0 Å². The molecule has 4 N–H and O–H groups in total. The summed E-state index contributed by atoms with van der Waals surface area (Å²) in [4.78, 5) is 20.7. The van der Waals surface area contributed by atoms with Crippen LogP contribution >= 0.6 is 0 Å². The van der Waals surface area contributed by atoms with Crippen molar-refractivity contribution in [1.82, 2.24) is 9.97 Å². The largest absolute Gasteiger partial charge is 0.354 e. The molecule has 4 nitrogen and oxygen atoms in total. The molecular weight excluding hydrogens is 382 g/mol. The molecule has 5 aromatic rings. The normalized spacial score (nSPS) is 11.0. The maximum absolute atomic E-state index is 12.8. The van der Waals surface area contributed by atoms with Gasteiger partial charge in [-0.15, -0.1) is 0 Å². The number of pyridine rings is 2. The van der Waals surface area contributed by atoms with E-state index in [1.165, 1.54) is 5.56 Å². The highest BCUT2D eigenvalue weighted by molar-refractivity contribution is 5.98. The van der Waals surface area contributed by atoms with Crippen LogP contribution in [0.25, 0.3) is 44.4 Å². The van der Waals surface area contributed by atoms with Gasteiger partial charge in [0.25, 0.3) is 5.56 Å². The number of nitrogens with zero attached hydrogens (tertiary/aromatic N) is 1. The van der Waals surface area contributed by atoms with E-state index >= 15 is 0 Å². The summed E-state index contributed by atoms with van der Waals surface area (Å²) < 4.78 is 0. The molecule has 31 heavy (non-hydrogen) atoms. The Labute approximate surface area is 180 Å². The highest BCUT2D eigenvalue weighted by Crippen LogP contribution is 2.35. The molecule has 0 saturated carbocycles. The van der Waals surface area contributed by atoms with Gasteiger partial charge in [0, 0.05) is 28.5 Å². The van der Waals surface area contributed by atoms with Crippen LogP contribution in [-0.4, -0.2) is 9.97 Å². The van der Waals surface area contributed by atoms with Gasteiger partial charge in [-0.3, -0.25) is 4.79 Å². The van der Waals surface area contributed by atoms with Crippen LogP contribution in [0.15, 0.2) is 102 Å². The highest BCUT2D eigenvalue weighted by Gasteiger charge is 2.16. The maximum Gasteiger partial charge on any atom is 0.257 e. The summed E-state index contributed by atoms with van der Waals surface area (Å²) in [6.07, 6.45) is 1.75. The fourth-order valence-corrected chi connectivity index (χ4v) is 3.90. The molecule has 150 valence electrons. The van der Waals surface area contributed by atoms with E-state index in [9.17, 15) is 4.79 Å². The van der Waals surface area contributed by atoms with E-state index in [0.717, 1.165) is 40.1 Å². The van der Waals surface area contributed by atoms with Crippen LogP contribution in [0.3, 0.4) is 0 Å². The van der Waals surface area contributed by atoms with Crippen LogP contribution in [0.1, 0.15) is 5.56 Å². The van der Waals surface area contributed by atoms with Gasteiger partial charge in [-0.2, -0.15) is 0 Å². The summed E-state index contributed by atoms with van der Waals surface area (Å²) in [5, 5.41) is 0.582. The van der Waals surface area contributed by atoms with Crippen molar-refractivity contribution in [3.63, 3.8) is 0 Å². The molecule has 0 amide bonds. The zero-order valence-electron chi connectivity index (χ0n) is 17.0. The van der Waals surface area contributed by atoms with Gasteiger partial charge in [-0.25, -0.2) is 4.98 Å². The number of aromatic nitrogens is 2. The summed E-state index contributed by atoms with van der Waals surface area (Å²) in [7, 11) is 0.